The molecule has 0 radical (unpaired) electrons. The van der Waals surface area contributed by atoms with Gasteiger partial charge in [-0.1, -0.05) is 18.2 Å². The molecule has 5 nitrogen and oxygen atoms in total. The number of nitriles is 1. The predicted octanol–water partition coefficient (Wildman–Crippen LogP) is 4.29. The van der Waals surface area contributed by atoms with Crippen molar-refractivity contribution < 1.29 is 14.6 Å². The Kier molecular flexibility index (Phi) is 6.40. The standard InChI is InChI=1S/C22H22N2O3/c1-5-7-17-10-16(12-20(27-4)21(17)25)11-18(13-23)22(26)24-19-9-6-8-14(2)15(19)3/h5-6,8-12,25H,1,7H2,2-4H3,(H,24,26)/b18-11+. The maximum absolute atomic E-state index is 12.5. The lowest BCUT2D eigenvalue weighted by atomic mass is 10.0. The molecule has 138 valence electrons. The molecule has 0 aliphatic carbocycles. The Morgan fingerprint density at radius 2 is 2.11 bits per heavy atom. The maximum atomic E-state index is 12.5. The van der Waals surface area contributed by atoms with Gasteiger partial charge in [0.25, 0.3) is 5.91 Å². The third kappa shape index (κ3) is 4.56. The van der Waals surface area contributed by atoms with Crippen LogP contribution in [0.25, 0.3) is 6.08 Å². The monoisotopic (exact) mass is 362 g/mol. The van der Waals surface area contributed by atoms with Crippen LogP contribution in [0.1, 0.15) is 22.3 Å². The summed E-state index contributed by atoms with van der Waals surface area (Å²) in [6.07, 6.45) is 3.55. The first-order chi connectivity index (χ1) is 12.9. The Labute approximate surface area is 159 Å². The van der Waals surface area contributed by atoms with E-state index in [0.717, 1.165) is 11.1 Å². The molecule has 5 heteroatoms. The molecule has 0 saturated heterocycles. The van der Waals surface area contributed by atoms with Crippen LogP contribution in [0.15, 0.2) is 48.6 Å². The number of carbonyl (C=O) groups is 1. The lowest BCUT2D eigenvalue weighted by Crippen LogP contribution is -2.14. The van der Waals surface area contributed by atoms with Gasteiger partial charge in [0.2, 0.25) is 0 Å². The van der Waals surface area contributed by atoms with E-state index >= 15 is 0 Å². The first-order valence-corrected chi connectivity index (χ1v) is 8.41. The van der Waals surface area contributed by atoms with Gasteiger partial charge in [0.15, 0.2) is 11.5 Å². The summed E-state index contributed by atoms with van der Waals surface area (Å²) in [5, 5.41) is 22.4. The van der Waals surface area contributed by atoms with Gasteiger partial charge >= 0.3 is 0 Å². The largest absolute Gasteiger partial charge is 0.504 e. The smallest absolute Gasteiger partial charge is 0.266 e. The number of phenols is 1. The van der Waals surface area contributed by atoms with Crippen molar-refractivity contribution in [3.05, 3.63) is 70.8 Å². The summed E-state index contributed by atoms with van der Waals surface area (Å²) in [5.41, 5.74) is 3.79. The molecule has 1 amide bonds. The fourth-order valence-electron chi connectivity index (χ4n) is 2.63. The minimum Gasteiger partial charge on any atom is -0.504 e. The van der Waals surface area contributed by atoms with E-state index in [0.29, 0.717) is 23.2 Å². The quantitative estimate of drug-likeness (QED) is 0.456. The first kappa shape index (κ1) is 19.8. The Morgan fingerprint density at radius 3 is 2.74 bits per heavy atom. The van der Waals surface area contributed by atoms with Crippen molar-refractivity contribution in [1.29, 1.82) is 5.26 Å². The number of carbonyl (C=O) groups excluding carboxylic acids is 1. The Bertz CT molecular complexity index is 953. The van der Waals surface area contributed by atoms with Crippen LogP contribution in [-0.2, 0) is 11.2 Å². The number of hydrogen-bond donors (Lipinski definition) is 2. The molecule has 0 unspecified atom stereocenters. The molecule has 0 fully saturated rings. The summed E-state index contributed by atoms with van der Waals surface area (Å²) in [5.74, 6) is -0.204. The highest BCUT2D eigenvalue weighted by Gasteiger charge is 2.14. The van der Waals surface area contributed by atoms with Crippen LogP contribution < -0.4 is 10.1 Å². The second-order valence-electron chi connectivity index (χ2n) is 6.10. The van der Waals surface area contributed by atoms with E-state index in [1.54, 1.807) is 24.3 Å². The number of benzene rings is 2. The lowest BCUT2D eigenvalue weighted by molar-refractivity contribution is -0.112. The number of nitrogens with one attached hydrogen (secondary N) is 1. The zero-order valence-corrected chi connectivity index (χ0v) is 15.7. The summed E-state index contributed by atoms with van der Waals surface area (Å²) in [4.78, 5) is 12.5. The average molecular weight is 362 g/mol. The SMILES string of the molecule is C=CCc1cc(/C=C(\C#N)C(=O)Nc2cccc(C)c2C)cc(OC)c1O. The van der Waals surface area contributed by atoms with Crippen molar-refractivity contribution in [3.63, 3.8) is 0 Å². The molecule has 0 atom stereocenters. The summed E-state index contributed by atoms with van der Waals surface area (Å²) < 4.78 is 5.18. The summed E-state index contributed by atoms with van der Waals surface area (Å²) in [6, 6.07) is 10.8. The topological polar surface area (TPSA) is 82.4 Å². The highest BCUT2D eigenvalue weighted by atomic mass is 16.5. The zero-order valence-electron chi connectivity index (χ0n) is 15.7. The number of allylic oxidation sites excluding steroid dienone is 1. The summed E-state index contributed by atoms with van der Waals surface area (Å²) >= 11 is 0. The van der Waals surface area contributed by atoms with Crippen molar-refractivity contribution >= 4 is 17.7 Å². The lowest BCUT2D eigenvalue weighted by Gasteiger charge is -2.11. The number of aromatic hydroxyl groups is 1. The molecule has 2 aromatic carbocycles. The van der Waals surface area contributed by atoms with Gasteiger partial charge in [-0.25, -0.2) is 0 Å². The Balaban J connectivity index is 2.39. The van der Waals surface area contributed by atoms with Gasteiger partial charge in [-0.2, -0.15) is 5.26 Å². The molecule has 0 spiro atoms. The van der Waals surface area contributed by atoms with Gasteiger partial charge in [-0.15, -0.1) is 6.58 Å². The molecule has 0 heterocycles. The third-order valence-electron chi connectivity index (χ3n) is 4.29. The van der Waals surface area contributed by atoms with E-state index in [2.05, 4.69) is 11.9 Å². The minimum absolute atomic E-state index is 0.0212. The molecule has 2 aromatic rings. The third-order valence-corrected chi connectivity index (χ3v) is 4.29. The van der Waals surface area contributed by atoms with Crippen LogP contribution in [-0.4, -0.2) is 18.1 Å². The van der Waals surface area contributed by atoms with Crippen LogP contribution in [0.2, 0.25) is 0 Å². The van der Waals surface area contributed by atoms with Gasteiger partial charge in [0, 0.05) is 11.3 Å². The average Bonchev–Trinajstić information content (AvgIpc) is 2.65. The maximum Gasteiger partial charge on any atom is 0.266 e. The van der Waals surface area contributed by atoms with Crippen molar-refractivity contribution in [1.82, 2.24) is 0 Å². The van der Waals surface area contributed by atoms with Gasteiger partial charge in [-0.3, -0.25) is 4.79 Å². The molecule has 27 heavy (non-hydrogen) atoms. The van der Waals surface area contributed by atoms with Gasteiger partial charge in [0.1, 0.15) is 11.6 Å². The fourth-order valence-corrected chi connectivity index (χ4v) is 2.63. The van der Waals surface area contributed by atoms with Gasteiger partial charge in [-0.05, 0) is 61.2 Å². The normalized spacial score (nSPS) is 10.8. The van der Waals surface area contributed by atoms with Crippen LogP contribution in [0.5, 0.6) is 11.5 Å². The number of amides is 1. The fraction of sp³-hybridized carbons (Fsp3) is 0.182. The Hall–Kier alpha value is -3.52. The number of nitrogens with zero attached hydrogens (tertiary/aromatic N) is 1. The number of rotatable bonds is 6. The minimum atomic E-state index is -0.497. The van der Waals surface area contributed by atoms with Gasteiger partial charge < -0.3 is 15.2 Å². The highest BCUT2D eigenvalue weighted by molar-refractivity contribution is 6.10. The molecule has 0 aromatic heterocycles. The number of phenolic OH excluding ortho intramolecular Hbond substituents is 1. The van der Waals surface area contributed by atoms with Crippen molar-refractivity contribution in [2.24, 2.45) is 0 Å². The second-order valence-corrected chi connectivity index (χ2v) is 6.10. The molecule has 0 saturated carbocycles. The number of ether oxygens (including phenoxy) is 1. The van der Waals surface area contributed by atoms with E-state index in [1.807, 2.05) is 32.0 Å². The van der Waals surface area contributed by atoms with E-state index in [4.69, 9.17) is 4.74 Å². The van der Waals surface area contributed by atoms with Gasteiger partial charge in [0.05, 0.1) is 7.11 Å². The molecular weight excluding hydrogens is 340 g/mol. The number of aryl methyl sites for hydroxylation is 1. The van der Waals surface area contributed by atoms with Crippen LogP contribution in [0, 0.1) is 25.2 Å². The van der Waals surface area contributed by atoms with Crippen LogP contribution in [0.4, 0.5) is 5.69 Å². The summed E-state index contributed by atoms with van der Waals surface area (Å²) in [7, 11) is 1.44. The van der Waals surface area contributed by atoms with E-state index in [-0.39, 0.29) is 17.1 Å². The molecule has 0 bridgehead atoms. The molecule has 2 rings (SSSR count). The van der Waals surface area contributed by atoms with Crippen LogP contribution in [0.3, 0.4) is 0 Å². The number of anilines is 1. The van der Waals surface area contributed by atoms with Crippen LogP contribution >= 0.6 is 0 Å². The predicted molar refractivity (Wildman–Crippen MR) is 107 cm³/mol. The van der Waals surface area contributed by atoms with Crippen molar-refractivity contribution in [3.8, 4) is 17.6 Å². The van der Waals surface area contributed by atoms with E-state index < -0.39 is 5.91 Å². The van der Waals surface area contributed by atoms with Crippen molar-refractivity contribution in [2.45, 2.75) is 20.3 Å². The first-order valence-electron chi connectivity index (χ1n) is 8.41. The van der Waals surface area contributed by atoms with E-state index in [1.165, 1.54) is 13.2 Å². The number of hydrogen-bond acceptors (Lipinski definition) is 4. The van der Waals surface area contributed by atoms with Crippen molar-refractivity contribution in [2.75, 3.05) is 12.4 Å². The number of methoxy groups -OCH3 is 1. The Morgan fingerprint density at radius 1 is 1.37 bits per heavy atom. The zero-order chi connectivity index (χ0) is 20.0. The molecular formula is C22H22N2O3. The van der Waals surface area contributed by atoms with E-state index in [9.17, 15) is 15.2 Å². The molecule has 0 aliphatic rings. The second kappa shape index (κ2) is 8.72. The summed E-state index contributed by atoms with van der Waals surface area (Å²) in [6.45, 7) is 7.53. The molecule has 0 aliphatic heterocycles. The highest BCUT2D eigenvalue weighted by Crippen LogP contribution is 2.33. The molecule has 2 N–H and O–H groups in total.